The van der Waals surface area contributed by atoms with Crippen molar-refractivity contribution in [1.82, 2.24) is 14.8 Å². The van der Waals surface area contributed by atoms with Gasteiger partial charge in [-0.2, -0.15) is 0 Å². The molecule has 3 heterocycles. The second-order valence-corrected chi connectivity index (χ2v) is 9.04. The molecule has 0 spiro atoms. The van der Waals surface area contributed by atoms with Crippen LogP contribution in [0.2, 0.25) is 0 Å². The molecule has 5 rings (SSSR count). The molecule has 0 radical (unpaired) electrons. The number of phenolic OH excluding ortho intramolecular Hbond substituents is 1. The van der Waals surface area contributed by atoms with Crippen LogP contribution in [0.15, 0.2) is 42.5 Å². The molecular formula is C25H30ClN3O2. The summed E-state index contributed by atoms with van der Waals surface area (Å²) in [6, 6.07) is 14.8. The van der Waals surface area contributed by atoms with Crippen molar-refractivity contribution in [3.8, 4) is 17.0 Å². The van der Waals surface area contributed by atoms with Crippen molar-refractivity contribution in [2.75, 3.05) is 7.05 Å². The van der Waals surface area contributed by atoms with Crippen LogP contribution >= 0.6 is 12.4 Å². The van der Waals surface area contributed by atoms with Gasteiger partial charge in [-0.15, -0.1) is 12.4 Å². The van der Waals surface area contributed by atoms with E-state index in [4.69, 9.17) is 0 Å². The minimum Gasteiger partial charge on any atom is -0.508 e. The Morgan fingerprint density at radius 3 is 2.32 bits per heavy atom. The zero-order chi connectivity index (χ0) is 21.0. The summed E-state index contributed by atoms with van der Waals surface area (Å²) in [7, 11) is 4.23. The first-order valence-electron chi connectivity index (χ1n) is 10.8. The molecule has 31 heavy (non-hydrogen) atoms. The van der Waals surface area contributed by atoms with E-state index in [0.717, 1.165) is 46.1 Å². The van der Waals surface area contributed by atoms with E-state index < -0.39 is 0 Å². The number of nitrogens with one attached hydrogen (secondary N) is 1. The van der Waals surface area contributed by atoms with Gasteiger partial charge in [-0.1, -0.05) is 11.6 Å². The maximum atomic E-state index is 13.6. The van der Waals surface area contributed by atoms with Gasteiger partial charge in [-0.3, -0.25) is 4.79 Å². The minimum atomic E-state index is 0. The predicted molar refractivity (Wildman–Crippen MR) is 127 cm³/mol. The van der Waals surface area contributed by atoms with Crippen LogP contribution in [0.5, 0.6) is 5.75 Å². The highest BCUT2D eigenvalue weighted by Gasteiger charge is 2.39. The quantitative estimate of drug-likeness (QED) is 0.625. The number of carbonyl (C=O) groups excluding carboxylic acids is 1. The first-order valence-corrected chi connectivity index (χ1v) is 10.8. The van der Waals surface area contributed by atoms with Crippen LogP contribution in [-0.2, 0) is 7.05 Å². The van der Waals surface area contributed by atoms with Crippen LogP contribution < -0.4 is 5.32 Å². The highest BCUT2D eigenvalue weighted by atomic mass is 35.5. The maximum absolute atomic E-state index is 13.6. The lowest BCUT2D eigenvalue weighted by molar-refractivity contribution is 0.0884. The largest absolute Gasteiger partial charge is 0.508 e. The highest BCUT2D eigenvalue weighted by Crippen LogP contribution is 2.37. The number of aromatic nitrogens is 1. The molecule has 1 aromatic heterocycles. The van der Waals surface area contributed by atoms with Crippen molar-refractivity contribution >= 4 is 29.2 Å². The lowest BCUT2D eigenvalue weighted by atomic mass is 9.97. The average molecular weight is 440 g/mol. The molecule has 2 N–H and O–H groups in total. The molecule has 2 aliphatic rings. The van der Waals surface area contributed by atoms with Crippen molar-refractivity contribution in [3.63, 3.8) is 0 Å². The van der Waals surface area contributed by atoms with Gasteiger partial charge >= 0.3 is 0 Å². The fourth-order valence-corrected chi connectivity index (χ4v) is 5.53. The van der Waals surface area contributed by atoms with Crippen molar-refractivity contribution in [2.24, 2.45) is 7.05 Å². The third-order valence-electron chi connectivity index (χ3n) is 7.16. The van der Waals surface area contributed by atoms with Gasteiger partial charge in [-0.05, 0) is 81.6 Å². The Morgan fingerprint density at radius 2 is 1.68 bits per heavy atom. The molecule has 2 aromatic carbocycles. The van der Waals surface area contributed by atoms with E-state index in [-0.39, 0.29) is 30.1 Å². The second-order valence-electron chi connectivity index (χ2n) is 9.04. The Balaban J connectivity index is 0.00000231. The molecule has 2 fully saturated rings. The average Bonchev–Trinajstić information content (AvgIpc) is 3.10. The van der Waals surface area contributed by atoms with Gasteiger partial charge in [0.2, 0.25) is 0 Å². The van der Waals surface area contributed by atoms with Crippen molar-refractivity contribution in [1.29, 1.82) is 0 Å². The number of amides is 1. The number of hydrogen-bond donors (Lipinski definition) is 2. The van der Waals surface area contributed by atoms with E-state index in [1.54, 1.807) is 12.1 Å². The number of aryl methyl sites for hydroxylation is 2. The molecule has 3 aromatic rings. The first kappa shape index (κ1) is 21.7. The summed E-state index contributed by atoms with van der Waals surface area (Å²) in [4.78, 5) is 16.1. The summed E-state index contributed by atoms with van der Waals surface area (Å²) in [5.74, 6) is 0.226. The summed E-state index contributed by atoms with van der Waals surface area (Å²) in [6.45, 7) is 2.06. The molecule has 3 atom stereocenters. The van der Waals surface area contributed by atoms with Gasteiger partial charge in [0.05, 0.1) is 11.3 Å². The van der Waals surface area contributed by atoms with Crippen molar-refractivity contribution < 1.29 is 9.90 Å². The van der Waals surface area contributed by atoms with Crippen LogP contribution in [0, 0.1) is 6.92 Å². The monoisotopic (exact) mass is 439 g/mol. The van der Waals surface area contributed by atoms with Gasteiger partial charge in [0.25, 0.3) is 5.91 Å². The standard InChI is InChI=1S/C25H29N3O2.ClH/c1-15-4-11-22-21(12-15)23(24(28(22)3)16-5-9-20(29)10-6-16)25(30)26-17-13-18-7-8-19(14-17)27(18)2;/h4-6,9-12,17-19,29H,7-8,13-14H2,1-3H3,(H,26,30);1H/t17-,18+,19-;. The number of hydrogen-bond acceptors (Lipinski definition) is 3. The van der Waals surface area contributed by atoms with Crippen molar-refractivity contribution in [3.05, 3.63) is 53.6 Å². The van der Waals surface area contributed by atoms with Crippen molar-refractivity contribution in [2.45, 2.75) is 50.7 Å². The Bertz CT molecular complexity index is 1110. The van der Waals surface area contributed by atoms with Gasteiger partial charge in [0.1, 0.15) is 5.75 Å². The second kappa shape index (κ2) is 8.21. The molecule has 164 valence electrons. The van der Waals surface area contributed by atoms with E-state index in [1.165, 1.54) is 12.8 Å². The minimum absolute atomic E-state index is 0. The predicted octanol–water partition coefficient (Wildman–Crippen LogP) is 4.64. The maximum Gasteiger partial charge on any atom is 0.254 e. The molecule has 0 aliphatic carbocycles. The Kier molecular flexibility index (Phi) is 5.75. The highest BCUT2D eigenvalue weighted by molar-refractivity contribution is 6.13. The van der Waals surface area contributed by atoms with Gasteiger partial charge < -0.3 is 19.9 Å². The molecular weight excluding hydrogens is 410 g/mol. The van der Waals surface area contributed by atoms with Crippen LogP contribution in [0.4, 0.5) is 0 Å². The van der Waals surface area contributed by atoms with Crippen LogP contribution in [-0.4, -0.2) is 45.7 Å². The number of fused-ring (bicyclic) bond motifs is 3. The number of phenols is 1. The summed E-state index contributed by atoms with van der Waals surface area (Å²) in [5, 5.41) is 14.1. The molecule has 2 bridgehead atoms. The summed E-state index contributed by atoms with van der Waals surface area (Å²) in [5.41, 5.74) is 4.73. The number of nitrogens with zero attached hydrogens (tertiary/aromatic N) is 2. The van der Waals surface area contributed by atoms with E-state index >= 15 is 0 Å². The number of piperidine rings is 1. The summed E-state index contributed by atoms with van der Waals surface area (Å²) < 4.78 is 2.09. The summed E-state index contributed by atoms with van der Waals surface area (Å²) >= 11 is 0. The number of carbonyl (C=O) groups is 1. The normalized spacial score (nSPS) is 23.0. The number of halogens is 1. The molecule has 6 heteroatoms. The fraction of sp³-hybridized carbons (Fsp3) is 0.400. The van der Waals surface area contributed by atoms with E-state index in [0.29, 0.717) is 12.1 Å². The third-order valence-corrected chi connectivity index (χ3v) is 7.16. The molecule has 0 saturated carbocycles. The van der Waals surface area contributed by atoms with E-state index in [1.807, 2.05) is 19.2 Å². The fourth-order valence-electron chi connectivity index (χ4n) is 5.53. The SMILES string of the molecule is Cc1ccc2c(c1)c(C(=O)N[C@H]1C[C@H]3CC[C@@H](C1)N3C)c(-c1ccc(O)cc1)n2C.Cl. The number of benzene rings is 2. The first-order chi connectivity index (χ1) is 14.4. The smallest absolute Gasteiger partial charge is 0.254 e. The molecule has 1 amide bonds. The van der Waals surface area contributed by atoms with Gasteiger partial charge in [0, 0.05) is 36.1 Å². The zero-order valence-corrected chi connectivity index (χ0v) is 19.1. The lowest BCUT2D eigenvalue weighted by Crippen LogP contribution is -2.48. The van der Waals surface area contributed by atoms with Gasteiger partial charge in [-0.25, -0.2) is 0 Å². The molecule has 5 nitrogen and oxygen atoms in total. The molecule has 0 unspecified atom stereocenters. The van der Waals surface area contributed by atoms with E-state index in [2.05, 4.69) is 47.0 Å². The molecule has 2 saturated heterocycles. The third kappa shape index (κ3) is 3.70. The van der Waals surface area contributed by atoms with E-state index in [9.17, 15) is 9.90 Å². The number of aromatic hydroxyl groups is 1. The summed E-state index contributed by atoms with van der Waals surface area (Å²) in [6.07, 6.45) is 4.52. The Hall–Kier alpha value is -2.50. The van der Waals surface area contributed by atoms with Crippen LogP contribution in [0.3, 0.4) is 0 Å². The number of rotatable bonds is 3. The Morgan fingerprint density at radius 1 is 1.03 bits per heavy atom. The van der Waals surface area contributed by atoms with Crippen LogP contribution in [0.25, 0.3) is 22.2 Å². The topological polar surface area (TPSA) is 57.5 Å². The zero-order valence-electron chi connectivity index (χ0n) is 18.3. The Labute approximate surface area is 189 Å². The molecule has 2 aliphatic heterocycles. The lowest BCUT2D eigenvalue weighted by Gasteiger charge is -2.36. The van der Waals surface area contributed by atoms with Gasteiger partial charge in [0.15, 0.2) is 0 Å². The van der Waals surface area contributed by atoms with Crippen LogP contribution in [0.1, 0.15) is 41.6 Å².